The van der Waals surface area contributed by atoms with Gasteiger partial charge in [-0.15, -0.1) is 11.6 Å². The first-order valence-electron chi connectivity index (χ1n) is 6.76. The quantitative estimate of drug-likeness (QED) is 0.325. The van der Waals surface area contributed by atoms with Crippen molar-refractivity contribution in [3.8, 4) is 0 Å². The number of rotatable bonds is 10. The summed E-state index contributed by atoms with van der Waals surface area (Å²) >= 11 is 5.77. The molecule has 0 bridgehead atoms. The molecule has 0 amide bonds. The summed E-state index contributed by atoms with van der Waals surface area (Å²) in [6.45, 7) is 4.23. The van der Waals surface area contributed by atoms with Crippen LogP contribution in [0.3, 0.4) is 0 Å². The average molecular weight is 287 g/mol. The van der Waals surface area contributed by atoms with E-state index < -0.39 is 0 Å². The fourth-order valence-corrected chi connectivity index (χ4v) is 2.08. The normalized spacial score (nSPS) is 13.8. The van der Waals surface area contributed by atoms with Crippen molar-refractivity contribution >= 4 is 11.6 Å². The molecule has 0 unspecified atom stereocenters. The SMILES string of the molecule is CC=CCCC(C)=CCCC(=CCCl)C(OC)OC. The van der Waals surface area contributed by atoms with Crippen LogP contribution >= 0.6 is 11.6 Å². The predicted octanol–water partition coefficient (Wildman–Crippen LogP) is 4.85. The van der Waals surface area contributed by atoms with Crippen LogP contribution in [0.1, 0.15) is 39.5 Å². The van der Waals surface area contributed by atoms with Gasteiger partial charge in [-0.3, -0.25) is 0 Å². The highest BCUT2D eigenvalue weighted by Gasteiger charge is 2.10. The number of ether oxygens (including phenoxy) is 2. The maximum Gasteiger partial charge on any atom is 0.179 e. The molecule has 0 N–H and O–H groups in total. The molecule has 3 heteroatoms. The summed E-state index contributed by atoms with van der Waals surface area (Å²) in [5, 5.41) is 0. The molecule has 0 fully saturated rings. The number of methoxy groups -OCH3 is 2. The number of halogens is 1. The molecule has 0 saturated heterocycles. The van der Waals surface area contributed by atoms with Crippen molar-refractivity contribution in [3.63, 3.8) is 0 Å². The van der Waals surface area contributed by atoms with Crippen molar-refractivity contribution in [1.82, 2.24) is 0 Å². The molecule has 110 valence electrons. The molecular weight excluding hydrogens is 260 g/mol. The van der Waals surface area contributed by atoms with Crippen LogP contribution in [-0.2, 0) is 9.47 Å². The third-order valence-electron chi connectivity index (χ3n) is 2.94. The molecule has 0 heterocycles. The lowest BCUT2D eigenvalue weighted by Crippen LogP contribution is -2.16. The molecule has 0 saturated carbocycles. The van der Waals surface area contributed by atoms with E-state index in [2.05, 4.69) is 32.1 Å². The summed E-state index contributed by atoms with van der Waals surface area (Å²) in [4.78, 5) is 0. The van der Waals surface area contributed by atoms with Gasteiger partial charge in [-0.1, -0.05) is 29.9 Å². The lowest BCUT2D eigenvalue weighted by molar-refractivity contribution is -0.0766. The van der Waals surface area contributed by atoms with Crippen molar-refractivity contribution < 1.29 is 9.47 Å². The second-order valence-electron chi connectivity index (χ2n) is 4.43. The second kappa shape index (κ2) is 12.5. The Bertz CT molecular complexity index is 302. The Balaban J connectivity index is 4.25. The first-order valence-corrected chi connectivity index (χ1v) is 7.30. The Morgan fingerprint density at radius 2 is 1.79 bits per heavy atom. The van der Waals surface area contributed by atoms with Gasteiger partial charge in [-0.05, 0) is 45.1 Å². The van der Waals surface area contributed by atoms with Gasteiger partial charge in [-0.25, -0.2) is 0 Å². The van der Waals surface area contributed by atoms with Crippen molar-refractivity contribution in [1.29, 1.82) is 0 Å². The van der Waals surface area contributed by atoms with E-state index in [4.69, 9.17) is 21.1 Å². The van der Waals surface area contributed by atoms with E-state index in [1.807, 2.05) is 6.08 Å². The third kappa shape index (κ3) is 9.04. The molecule has 0 rings (SSSR count). The average Bonchev–Trinajstić information content (AvgIpc) is 2.40. The first-order chi connectivity index (χ1) is 9.19. The number of alkyl halides is 1. The molecule has 2 nitrogen and oxygen atoms in total. The molecule has 0 atom stereocenters. The van der Waals surface area contributed by atoms with Crippen LogP contribution in [0.25, 0.3) is 0 Å². The Hall–Kier alpha value is -0.570. The zero-order valence-corrected chi connectivity index (χ0v) is 13.4. The van der Waals surface area contributed by atoms with E-state index in [1.54, 1.807) is 14.2 Å². The lowest BCUT2D eigenvalue weighted by Gasteiger charge is -2.17. The summed E-state index contributed by atoms with van der Waals surface area (Å²) in [5.74, 6) is 0.489. The van der Waals surface area contributed by atoms with Crippen LogP contribution in [-0.4, -0.2) is 26.4 Å². The van der Waals surface area contributed by atoms with E-state index in [0.717, 1.165) is 31.3 Å². The monoisotopic (exact) mass is 286 g/mol. The molecule has 0 aliphatic heterocycles. The van der Waals surface area contributed by atoms with Gasteiger partial charge >= 0.3 is 0 Å². The van der Waals surface area contributed by atoms with Gasteiger partial charge in [0.2, 0.25) is 0 Å². The lowest BCUT2D eigenvalue weighted by atomic mass is 10.1. The molecule has 0 aromatic heterocycles. The van der Waals surface area contributed by atoms with E-state index in [1.165, 1.54) is 5.57 Å². The highest BCUT2D eigenvalue weighted by molar-refractivity contribution is 6.18. The summed E-state index contributed by atoms with van der Waals surface area (Å²) in [7, 11) is 3.29. The second-order valence-corrected chi connectivity index (χ2v) is 4.74. The van der Waals surface area contributed by atoms with Crippen molar-refractivity contribution in [2.24, 2.45) is 0 Å². The van der Waals surface area contributed by atoms with Crippen LogP contribution in [0.4, 0.5) is 0 Å². The number of hydrogen-bond donors (Lipinski definition) is 0. The van der Waals surface area contributed by atoms with E-state index in [0.29, 0.717) is 5.88 Å². The zero-order chi connectivity index (χ0) is 14.5. The minimum Gasteiger partial charge on any atom is -0.352 e. The Morgan fingerprint density at radius 1 is 1.11 bits per heavy atom. The van der Waals surface area contributed by atoms with Gasteiger partial charge in [0.05, 0.1) is 0 Å². The first kappa shape index (κ1) is 18.4. The molecule has 19 heavy (non-hydrogen) atoms. The Kier molecular flexibility index (Phi) is 12.1. The van der Waals surface area contributed by atoms with Crippen LogP contribution in [0, 0.1) is 0 Å². The van der Waals surface area contributed by atoms with E-state index >= 15 is 0 Å². The minimum absolute atomic E-state index is 0.282. The third-order valence-corrected chi connectivity index (χ3v) is 3.09. The fourth-order valence-electron chi connectivity index (χ4n) is 1.88. The summed E-state index contributed by atoms with van der Waals surface area (Å²) < 4.78 is 10.5. The van der Waals surface area contributed by atoms with Crippen LogP contribution < -0.4 is 0 Å². The highest BCUT2D eigenvalue weighted by Crippen LogP contribution is 2.16. The van der Waals surface area contributed by atoms with Gasteiger partial charge in [0, 0.05) is 20.1 Å². The van der Waals surface area contributed by atoms with E-state index in [-0.39, 0.29) is 6.29 Å². The van der Waals surface area contributed by atoms with Crippen molar-refractivity contribution in [2.45, 2.75) is 45.8 Å². The van der Waals surface area contributed by atoms with Gasteiger partial charge in [-0.2, -0.15) is 0 Å². The highest BCUT2D eigenvalue weighted by atomic mass is 35.5. The predicted molar refractivity (Wildman–Crippen MR) is 83.6 cm³/mol. The Morgan fingerprint density at radius 3 is 2.32 bits per heavy atom. The smallest absolute Gasteiger partial charge is 0.179 e. The van der Waals surface area contributed by atoms with Gasteiger partial charge < -0.3 is 9.47 Å². The topological polar surface area (TPSA) is 18.5 Å². The minimum atomic E-state index is -0.282. The maximum atomic E-state index is 5.77. The molecule has 0 spiro atoms. The van der Waals surface area contributed by atoms with Crippen molar-refractivity contribution in [3.05, 3.63) is 35.5 Å². The van der Waals surface area contributed by atoms with Crippen molar-refractivity contribution in [2.75, 3.05) is 20.1 Å². The molecule has 0 aromatic rings. The van der Waals surface area contributed by atoms with Crippen LogP contribution in [0.5, 0.6) is 0 Å². The number of allylic oxidation sites excluding steroid dienone is 5. The molecule has 0 aliphatic rings. The van der Waals surface area contributed by atoms with Gasteiger partial charge in [0.25, 0.3) is 0 Å². The van der Waals surface area contributed by atoms with E-state index in [9.17, 15) is 0 Å². The fraction of sp³-hybridized carbons (Fsp3) is 0.625. The van der Waals surface area contributed by atoms with Crippen LogP contribution in [0.15, 0.2) is 35.5 Å². The standard InChI is InChI=1S/C16H27ClO2/c1-5-6-7-9-14(2)10-8-11-15(12-13-17)16(18-3)19-4/h5-6,10,12,16H,7-9,11,13H2,1-4H3. The van der Waals surface area contributed by atoms with Gasteiger partial charge in [0.15, 0.2) is 6.29 Å². The molecular formula is C16H27ClO2. The molecule has 0 aromatic carbocycles. The summed E-state index contributed by atoms with van der Waals surface area (Å²) in [6, 6.07) is 0. The molecule has 0 aliphatic carbocycles. The zero-order valence-electron chi connectivity index (χ0n) is 12.6. The largest absolute Gasteiger partial charge is 0.352 e. The number of hydrogen-bond acceptors (Lipinski definition) is 2. The Labute approximate surface area is 123 Å². The van der Waals surface area contributed by atoms with Gasteiger partial charge in [0.1, 0.15) is 0 Å². The summed E-state index contributed by atoms with van der Waals surface area (Å²) in [6.07, 6.45) is 12.4. The molecule has 0 radical (unpaired) electrons. The summed E-state index contributed by atoms with van der Waals surface area (Å²) in [5.41, 5.74) is 2.53. The maximum absolute atomic E-state index is 5.77. The van der Waals surface area contributed by atoms with Crippen LogP contribution in [0.2, 0.25) is 0 Å².